The van der Waals surface area contributed by atoms with E-state index in [2.05, 4.69) is 0 Å². The SMILES string of the molecule is CC1CCCC(CN(C)C)C1(O)c1cccc(C(F)(F)F)c1. The molecule has 0 amide bonds. The van der Waals surface area contributed by atoms with Crippen LogP contribution in [0.4, 0.5) is 13.2 Å². The fraction of sp³-hybridized carbons (Fsp3) is 0.647. The highest BCUT2D eigenvalue weighted by Crippen LogP contribution is 2.46. The smallest absolute Gasteiger partial charge is 0.385 e. The fourth-order valence-corrected chi connectivity index (χ4v) is 3.65. The largest absolute Gasteiger partial charge is 0.416 e. The lowest BCUT2D eigenvalue weighted by Gasteiger charge is -2.46. The molecular weight excluding hydrogens is 291 g/mol. The van der Waals surface area contributed by atoms with Crippen molar-refractivity contribution in [1.82, 2.24) is 4.90 Å². The first kappa shape index (κ1) is 17.3. The van der Waals surface area contributed by atoms with Crippen LogP contribution in [0.15, 0.2) is 24.3 Å². The fourth-order valence-electron chi connectivity index (χ4n) is 3.65. The van der Waals surface area contributed by atoms with Gasteiger partial charge < -0.3 is 10.0 Å². The predicted molar refractivity (Wildman–Crippen MR) is 80.4 cm³/mol. The summed E-state index contributed by atoms with van der Waals surface area (Å²) in [5, 5.41) is 11.3. The molecule has 2 nitrogen and oxygen atoms in total. The van der Waals surface area contributed by atoms with Gasteiger partial charge in [0.05, 0.1) is 11.2 Å². The Bertz CT molecular complexity index is 515. The van der Waals surface area contributed by atoms with E-state index in [0.717, 1.165) is 31.4 Å². The average molecular weight is 315 g/mol. The monoisotopic (exact) mass is 315 g/mol. The molecule has 0 radical (unpaired) electrons. The van der Waals surface area contributed by atoms with E-state index in [4.69, 9.17) is 0 Å². The summed E-state index contributed by atoms with van der Waals surface area (Å²) in [5.74, 6) is -0.121. The lowest BCUT2D eigenvalue weighted by Crippen LogP contribution is -2.48. The summed E-state index contributed by atoms with van der Waals surface area (Å²) in [7, 11) is 3.84. The maximum absolute atomic E-state index is 13.0. The molecule has 1 aromatic rings. The van der Waals surface area contributed by atoms with E-state index in [0.29, 0.717) is 12.1 Å². The van der Waals surface area contributed by atoms with Gasteiger partial charge in [0.1, 0.15) is 0 Å². The Balaban J connectivity index is 2.44. The second kappa shape index (κ2) is 6.20. The lowest BCUT2D eigenvalue weighted by atomic mass is 9.65. The van der Waals surface area contributed by atoms with Gasteiger partial charge in [0.25, 0.3) is 0 Å². The van der Waals surface area contributed by atoms with E-state index in [1.165, 1.54) is 6.07 Å². The first-order valence-corrected chi connectivity index (χ1v) is 7.70. The van der Waals surface area contributed by atoms with E-state index in [1.807, 2.05) is 25.9 Å². The second-order valence-electron chi connectivity index (χ2n) is 6.70. The molecule has 3 unspecified atom stereocenters. The highest BCUT2D eigenvalue weighted by molar-refractivity contribution is 5.31. The highest BCUT2D eigenvalue weighted by Gasteiger charge is 2.46. The van der Waals surface area contributed by atoms with Crippen molar-refractivity contribution in [3.05, 3.63) is 35.4 Å². The molecule has 22 heavy (non-hydrogen) atoms. The summed E-state index contributed by atoms with van der Waals surface area (Å²) in [6, 6.07) is 5.19. The second-order valence-corrected chi connectivity index (χ2v) is 6.70. The zero-order chi connectivity index (χ0) is 16.5. The molecule has 5 heteroatoms. The number of aliphatic hydroxyl groups is 1. The summed E-state index contributed by atoms with van der Waals surface area (Å²) in [6.45, 7) is 2.60. The molecule has 1 saturated carbocycles. The first-order valence-electron chi connectivity index (χ1n) is 7.70. The normalized spacial score (nSPS) is 29.8. The van der Waals surface area contributed by atoms with Crippen LogP contribution in [0.2, 0.25) is 0 Å². The minimum Gasteiger partial charge on any atom is -0.385 e. The number of hydrogen-bond donors (Lipinski definition) is 1. The van der Waals surface area contributed by atoms with Gasteiger partial charge >= 0.3 is 6.18 Å². The molecule has 1 aromatic carbocycles. The van der Waals surface area contributed by atoms with Crippen LogP contribution >= 0.6 is 0 Å². The van der Waals surface area contributed by atoms with Crippen LogP contribution in [0.1, 0.15) is 37.3 Å². The number of hydrogen-bond acceptors (Lipinski definition) is 2. The van der Waals surface area contributed by atoms with Crippen molar-refractivity contribution >= 4 is 0 Å². The third-order valence-corrected chi connectivity index (χ3v) is 4.80. The van der Waals surface area contributed by atoms with Gasteiger partial charge in [-0.3, -0.25) is 0 Å². The molecule has 1 aliphatic carbocycles. The van der Waals surface area contributed by atoms with Gasteiger partial charge in [-0.25, -0.2) is 0 Å². The Kier molecular flexibility index (Phi) is 4.87. The van der Waals surface area contributed by atoms with Crippen LogP contribution in [0.25, 0.3) is 0 Å². The van der Waals surface area contributed by atoms with Crippen LogP contribution in [0.3, 0.4) is 0 Å². The van der Waals surface area contributed by atoms with Gasteiger partial charge in [0.15, 0.2) is 0 Å². The standard InChI is InChI=1S/C17H24F3NO/c1-12-6-4-9-15(11-21(2)3)16(12,22)13-7-5-8-14(10-13)17(18,19)20/h5,7-8,10,12,15,22H,4,6,9,11H2,1-3H3. The van der Waals surface area contributed by atoms with Crippen molar-refractivity contribution in [2.24, 2.45) is 11.8 Å². The highest BCUT2D eigenvalue weighted by atomic mass is 19.4. The maximum atomic E-state index is 13.0. The molecule has 1 aliphatic rings. The molecule has 1 fully saturated rings. The Morgan fingerprint density at radius 2 is 1.95 bits per heavy atom. The minimum absolute atomic E-state index is 0.0604. The maximum Gasteiger partial charge on any atom is 0.416 e. The molecule has 0 bridgehead atoms. The molecule has 3 atom stereocenters. The van der Waals surface area contributed by atoms with Gasteiger partial charge in [0, 0.05) is 12.5 Å². The van der Waals surface area contributed by atoms with Crippen molar-refractivity contribution in [3.63, 3.8) is 0 Å². The van der Waals surface area contributed by atoms with Crippen LogP contribution in [0.5, 0.6) is 0 Å². The Morgan fingerprint density at radius 3 is 2.55 bits per heavy atom. The number of nitrogens with zero attached hydrogens (tertiary/aromatic N) is 1. The van der Waals surface area contributed by atoms with Gasteiger partial charge in [-0.05, 0) is 50.6 Å². The van der Waals surface area contributed by atoms with E-state index in [-0.39, 0.29) is 11.8 Å². The van der Waals surface area contributed by atoms with Gasteiger partial charge in [-0.1, -0.05) is 25.5 Å². The number of rotatable bonds is 3. The Labute approximate surface area is 129 Å². The van der Waals surface area contributed by atoms with Crippen LogP contribution in [0, 0.1) is 11.8 Å². The van der Waals surface area contributed by atoms with Crippen LogP contribution in [-0.2, 0) is 11.8 Å². The molecule has 0 aromatic heterocycles. The number of alkyl halides is 3. The minimum atomic E-state index is -4.39. The topological polar surface area (TPSA) is 23.5 Å². The van der Waals surface area contributed by atoms with Crippen LogP contribution < -0.4 is 0 Å². The van der Waals surface area contributed by atoms with Gasteiger partial charge in [0.2, 0.25) is 0 Å². The molecule has 0 heterocycles. The first-order chi connectivity index (χ1) is 10.2. The molecule has 0 saturated heterocycles. The molecule has 2 rings (SSSR count). The third kappa shape index (κ3) is 3.30. The van der Waals surface area contributed by atoms with E-state index in [9.17, 15) is 18.3 Å². The van der Waals surface area contributed by atoms with Crippen LogP contribution in [-0.4, -0.2) is 30.6 Å². The van der Waals surface area contributed by atoms with E-state index < -0.39 is 17.3 Å². The summed E-state index contributed by atoms with van der Waals surface area (Å²) in [6.07, 6.45) is -1.73. The number of halogens is 3. The van der Waals surface area contributed by atoms with Gasteiger partial charge in [-0.15, -0.1) is 0 Å². The summed E-state index contributed by atoms with van der Waals surface area (Å²) < 4.78 is 38.9. The Morgan fingerprint density at radius 1 is 1.27 bits per heavy atom. The molecule has 0 spiro atoms. The molecular formula is C17H24F3NO. The molecule has 0 aliphatic heterocycles. The predicted octanol–water partition coefficient (Wildman–Crippen LogP) is 3.89. The summed E-state index contributed by atoms with van der Waals surface area (Å²) in [5.41, 5.74) is -1.51. The van der Waals surface area contributed by atoms with E-state index >= 15 is 0 Å². The van der Waals surface area contributed by atoms with Crippen molar-refractivity contribution in [2.75, 3.05) is 20.6 Å². The molecule has 124 valence electrons. The van der Waals surface area contributed by atoms with Crippen molar-refractivity contribution < 1.29 is 18.3 Å². The van der Waals surface area contributed by atoms with Gasteiger partial charge in [-0.2, -0.15) is 13.2 Å². The average Bonchev–Trinajstić information content (AvgIpc) is 2.43. The quantitative estimate of drug-likeness (QED) is 0.915. The third-order valence-electron chi connectivity index (χ3n) is 4.80. The number of benzene rings is 1. The lowest BCUT2D eigenvalue weighted by molar-refractivity contribution is -0.138. The summed E-state index contributed by atoms with van der Waals surface area (Å²) in [4.78, 5) is 1.99. The Hall–Kier alpha value is -1.07. The van der Waals surface area contributed by atoms with Crippen molar-refractivity contribution in [2.45, 2.75) is 38.0 Å². The van der Waals surface area contributed by atoms with Crippen molar-refractivity contribution in [3.8, 4) is 0 Å². The zero-order valence-electron chi connectivity index (χ0n) is 13.3. The van der Waals surface area contributed by atoms with Crippen molar-refractivity contribution in [1.29, 1.82) is 0 Å². The molecule has 1 N–H and O–H groups in total. The van der Waals surface area contributed by atoms with E-state index in [1.54, 1.807) is 6.07 Å². The summed E-state index contributed by atoms with van der Waals surface area (Å²) >= 11 is 0. The zero-order valence-corrected chi connectivity index (χ0v) is 13.3.